The minimum absolute atomic E-state index is 0.114. The van der Waals surface area contributed by atoms with E-state index in [-0.39, 0.29) is 16.6 Å². The lowest BCUT2D eigenvalue weighted by atomic mass is 9.86. The van der Waals surface area contributed by atoms with E-state index in [1.807, 2.05) is 0 Å². The second kappa shape index (κ2) is 8.48. The molecule has 0 bridgehead atoms. The minimum atomic E-state index is -3.91. The van der Waals surface area contributed by atoms with Crippen LogP contribution in [-0.4, -0.2) is 21.4 Å². The van der Waals surface area contributed by atoms with Crippen molar-refractivity contribution in [1.82, 2.24) is 0 Å². The van der Waals surface area contributed by atoms with Crippen molar-refractivity contribution in [2.75, 3.05) is 12.4 Å². The van der Waals surface area contributed by atoms with Gasteiger partial charge in [-0.05, 0) is 37.0 Å². The third-order valence-electron chi connectivity index (χ3n) is 4.49. The van der Waals surface area contributed by atoms with Crippen LogP contribution >= 0.6 is 0 Å². The molecule has 0 saturated heterocycles. The van der Waals surface area contributed by atoms with Crippen molar-refractivity contribution in [3.05, 3.63) is 18.2 Å². The Morgan fingerprint density at radius 2 is 2.00 bits per heavy atom. The Kier molecular flexibility index (Phi) is 6.62. The maximum atomic E-state index is 12.0. The molecular weight excluding hydrogens is 328 g/mol. The molecule has 1 aromatic rings. The van der Waals surface area contributed by atoms with Gasteiger partial charge in [0.2, 0.25) is 15.9 Å². The van der Waals surface area contributed by atoms with Crippen LogP contribution in [0.5, 0.6) is 5.75 Å². The molecule has 1 aliphatic rings. The number of hydrogen-bond acceptors (Lipinski definition) is 4. The van der Waals surface area contributed by atoms with Gasteiger partial charge in [-0.3, -0.25) is 4.79 Å². The smallest absolute Gasteiger partial charge is 0.241 e. The van der Waals surface area contributed by atoms with Crippen LogP contribution in [0.2, 0.25) is 0 Å². The molecule has 7 heteroatoms. The molecule has 1 amide bonds. The summed E-state index contributed by atoms with van der Waals surface area (Å²) >= 11 is 0. The standard InChI is InChI=1S/C17H26N2O4S/c1-23-15-11-10-14(12-16(15)24(18,21)22)19-17(20)9-5-8-13-6-3-2-4-7-13/h10-13H,2-9H2,1H3,(H,19,20)(H2,18,21,22). The van der Waals surface area contributed by atoms with Crippen molar-refractivity contribution in [1.29, 1.82) is 0 Å². The van der Waals surface area contributed by atoms with Gasteiger partial charge in [-0.2, -0.15) is 0 Å². The Hall–Kier alpha value is -1.60. The average molecular weight is 354 g/mol. The Balaban J connectivity index is 1.89. The van der Waals surface area contributed by atoms with Gasteiger partial charge in [0.15, 0.2) is 0 Å². The number of carbonyl (C=O) groups excluding carboxylic acids is 1. The molecule has 6 nitrogen and oxygen atoms in total. The molecule has 134 valence electrons. The predicted molar refractivity (Wildman–Crippen MR) is 93.4 cm³/mol. The zero-order valence-corrected chi connectivity index (χ0v) is 14.9. The summed E-state index contributed by atoms with van der Waals surface area (Å²) < 4.78 is 28.2. The van der Waals surface area contributed by atoms with Crippen LogP contribution < -0.4 is 15.2 Å². The maximum Gasteiger partial charge on any atom is 0.241 e. The van der Waals surface area contributed by atoms with Gasteiger partial charge in [-0.15, -0.1) is 0 Å². The van der Waals surface area contributed by atoms with Gasteiger partial charge in [-0.25, -0.2) is 13.6 Å². The molecule has 1 saturated carbocycles. The van der Waals surface area contributed by atoms with Crippen LogP contribution in [0.15, 0.2) is 23.1 Å². The van der Waals surface area contributed by atoms with Crippen LogP contribution in [0.3, 0.4) is 0 Å². The molecule has 0 radical (unpaired) electrons. The van der Waals surface area contributed by atoms with E-state index in [1.165, 1.54) is 51.3 Å². The van der Waals surface area contributed by atoms with Crippen LogP contribution in [0, 0.1) is 5.92 Å². The summed E-state index contributed by atoms with van der Waals surface area (Å²) in [6, 6.07) is 4.41. The fourth-order valence-electron chi connectivity index (χ4n) is 3.23. The van der Waals surface area contributed by atoms with Crippen LogP contribution in [0.1, 0.15) is 51.4 Å². The van der Waals surface area contributed by atoms with Gasteiger partial charge >= 0.3 is 0 Å². The van der Waals surface area contributed by atoms with Crippen molar-refractivity contribution >= 4 is 21.6 Å². The third-order valence-corrected chi connectivity index (χ3v) is 5.43. The van der Waals surface area contributed by atoms with Crippen molar-refractivity contribution in [2.45, 2.75) is 56.3 Å². The number of nitrogens with one attached hydrogen (secondary N) is 1. The number of methoxy groups -OCH3 is 1. The number of hydrogen-bond donors (Lipinski definition) is 2. The lowest BCUT2D eigenvalue weighted by molar-refractivity contribution is -0.116. The van der Waals surface area contributed by atoms with Gasteiger partial charge in [-0.1, -0.05) is 32.1 Å². The fourth-order valence-corrected chi connectivity index (χ4v) is 3.95. The molecule has 1 aromatic carbocycles. The second-order valence-electron chi connectivity index (χ2n) is 6.36. The zero-order valence-electron chi connectivity index (χ0n) is 14.1. The first kappa shape index (κ1) is 18.7. The molecule has 0 unspecified atom stereocenters. The highest BCUT2D eigenvalue weighted by molar-refractivity contribution is 7.89. The first-order chi connectivity index (χ1) is 11.4. The van der Waals surface area contributed by atoms with Crippen molar-refractivity contribution in [3.8, 4) is 5.75 Å². The van der Waals surface area contributed by atoms with Gasteiger partial charge < -0.3 is 10.1 Å². The highest BCUT2D eigenvalue weighted by atomic mass is 32.2. The lowest BCUT2D eigenvalue weighted by Gasteiger charge is -2.21. The minimum Gasteiger partial charge on any atom is -0.495 e. The van der Waals surface area contributed by atoms with Crippen LogP contribution in [-0.2, 0) is 14.8 Å². The first-order valence-electron chi connectivity index (χ1n) is 8.41. The molecule has 0 heterocycles. The average Bonchev–Trinajstić information content (AvgIpc) is 2.55. The molecule has 2 rings (SSSR count). The molecule has 0 aliphatic heterocycles. The summed E-state index contributed by atoms with van der Waals surface area (Å²) in [5, 5.41) is 7.90. The second-order valence-corrected chi connectivity index (χ2v) is 7.88. The summed E-state index contributed by atoms with van der Waals surface area (Å²) in [4.78, 5) is 11.9. The van der Waals surface area contributed by atoms with E-state index in [1.54, 1.807) is 6.07 Å². The van der Waals surface area contributed by atoms with Gasteiger partial charge in [0.25, 0.3) is 0 Å². The number of primary sulfonamides is 1. The summed E-state index contributed by atoms with van der Waals surface area (Å²) in [6.45, 7) is 0. The first-order valence-corrected chi connectivity index (χ1v) is 9.95. The van der Waals surface area contributed by atoms with Crippen LogP contribution in [0.25, 0.3) is 0 Å². The summed E-state index contributed by atoms with van der Waals surface area (Å²) in [7, 11) is -2.54. The summed E-state index contributed by atoms with van der Waals surface area (Å²) in [5.74, 6) is 0.797. The fraction of sp³-hybridized carbons (Fsp3) is 0.588. The quantitative estimate of drug-likeness (QED) is 0.786. The van der Waals surface area contributed by atoms with Gasteiger partial charge in [0, 0.05) is 12.1 Å². The van der Waals surface area contributed by atoms with Crippen molar-refractivity contribution in [3.63, 3.8) is 0 Å². The number of benzene rings is 1. The molecule has 0 aromatic heterocycles. The normalized spacial score (nSPS) is 15.9. The van der Waals surface area contributed by atoms with E-state index >= 15 is 0 Å². The highest BCUT2D eigenvalue weighted by Gasteiger charge is 2.17. The van der Waals surface area contributed by atoms with E-state index in [9.17, 15) is 13.2 Å². The van der Waals surface area contributed by atoms with Crippen LogP contribution in [0.4, 0.5) is 5.69 Å². The zero-order chi connectivity index (χ0) is 17.6. The number of carbonyl (C=O) groups is 1. The molecule has 0 spiro atoms. The molecule has 24 heavy (non-hydrogen) atoms. The molecule has 0 atom stereocenters. The molecule has 1 aliphatic carbocycles. The van der Waals surface area contributed by atoms with E-state index in [0.29, 0.717) is 12.1 Å². The Morgan fingerprint density at radius 3 is 2.62 bits per heavy atom. The number of sulfonamides is 1. The molecule has 1 fully saturated rings. The number of amides is 1. The van der Waals surface area contributed by atoms with E-state index in [2.05, 4.69) is 5.32 Å². The summed E-state index contributed by atoms with van der Waals surface area (Å²) in [5.41, 5.74) is 0.405. The summed E-state index contributed by atoms with van der Waals surface area (Å²) in [6.07, 6.45) is 8.87. The number of rotatable bonds is 7. The SMILES string of the molecule is COc1ccc(NC(=O)CCCC2CCCCC2)cc1S(N)(=O)=O. The van der Waals surface area contributed by atoms with E-state index in [4.69, 9.17) is 9.88 Å². The number of ether oxygens (including phenoxy) is 1. The predicted octanol–water partition coefficient (Wildman–Crippen LogP) is 3.03. The highest BCUT2D eigenvalue weighted by Crippen LogP contribution is 2.28. The maximum absolute atomic E-state index is 12.0. The Bertz CT molecular complexity index is 667. The largest absolute Gasteiger partial charge is 0.495 e. The van der Waals surface area contributed by atoms with Crippen molar-refractivity contribution < 1.29 is 17.9 Å². The number of nitrogens with two attached hydrogens (primary N) is 1. The molecular formula is C17H26N2O4S. The molecule has 3 N–H and O–H groups in total. The Morgan fingerprint density at radius 1 is 1.29 bits per heavy atom. The van der Waals surface area contributed by atoms with E-state index in [0.717, 1.165) is 18.8 Å². The third kappa shape index (κ3) is 5.49. The topological polar surface area (TPSA) is 98.5 Å². The van der Waals surface area contributed by atoms with Crippen molar-refractivity contribution in [2.24, 2.45) is 11.1 Å². The van der Waals surface area contributed by atoms with Gasteiger partial charge in [0.05, 0.1) is 7.11 Å². The van der Waals surface area contributed by atoms with E-state index < -0.39 is 10.0 Å². The van der Waals surface area contributed by atoms with Gasteiger partial charge in [0.1, 0.15) is 10.6 Å². The number of anilines is 1. The monoisotopic (exact) mass is 354 g/mol. The Labute approximate surface area is 143 Å². The lowest BCUT2D eigenvalue weighted by Crippen LogP contribution is -2.16.